The highest BCUT2D eigenvalue weighted by Crippen LogP contribution is 2.39. The van der Waals surface area contributed by atoms with E-state index in [1.54, 1.807) is 12.1 Å². The van der Waals surface area contributed by atoms with E-state index in [1.165, 1.54) is 12.8 Å². The maximum Gasteiger partial charge on any atom is 0.421 e. The third-order valence-electron chi connectivity index (χ3n) is 6.13. The Morgan fingerprint density at radius 3 is 2.51 bits per heavy atom. The topological polar surface area (TPSA) is 90.3 Å². The number of hydrogen-bond acceptors (Lipinski definition) is 5. The van der Waals surface area contributed by atoms with Crippen molar-refractivity contribution in [3.63, 3.8) is 0 Å². The lowest BCUT2D eigenvalue weighted by molar-refractivity contribution is 0.151. The minimum absolute atomic E-state index is 0.0585. The number of nitrogens with one attached hydrogen (secondary N) is 1. The molecule has 1 heterocycles. The van der Waals surface area contributed by atoms with Gasteiger partial charge in [-0.25, -0.2) is 22.9 Å². The van der Waals surface area contributed by atoms with Crippen LogP contribution in [0.3, 0.4) is 0 Å². The predicted molar refractivity (Wildman–Crippen MR) is 136 cm³/mol. The normalized spacial score (nSPS) is 13.5. The van der Waals surface area contributed by atoms with Gasteiger partial charge in [0.15, 0.2) is 0 Å². The molecule has 4 rings (SSSR count). The average molecular weight is 496 g/mol. The molecule has 1 saturated carbocycles. The van der Waals surface area contributed by atoms with Crippen LogP contribution in [0.5, 0.6) is 0 Å². The van der Waals surface area contributed by atoms with Gasteiger partial charge in [-0.2, -0.15) is 0 Å². The minimum atomic E-state index is -4.10. The molecule has 8 heteroatoms. The molecule has 7 nitrogen and oxygen atoms in total. The highest BCUT2D eigenvalue weighted by Gasteiger charge is 2.28. The number of benzene rings is 2. The molecule has 0 saturated heterocycles. The van der Waals surface area contributed by atoms with E-state index in [2.05, 4.69) is 21.2 Å². The van der Waals surface area contributed by atoms with Gasteiger partial charge in [-0.1, -0.05) is 57.0 Å². The summed E-state index contributed by atoms with van der Waals surface area (Å²) >= 11 is 0. The minimum Gasteiger partial charge on any atom is -0.449 e. The van der Waals surface area contributed by atoms with Crippen molar-refractivity contribution in [2.45, 2.75) is 69.7 Å². The Hall–Kier alpha value is -3.13. The summed E-state index contributed by atoms with van der Waals surface area (Å²) in [7, 11) is -4.10. The summed E-state index contributed by atoms with van der Waals surface area (Å²) in [5, 5.41) is 0. The third kappa shape index (κ3) is 6.31. The van der Waals surface area contributed by atoms with Crippen LogP contribution in [-0.4, -0.2) is 30.7 Å². The van der Waals surface area contributed by atoms with Crippen LogP contribution in [0.2, 0.25) is 0 Å². The summed E-state index contributed by atoms with van der Waals surface area (Å²) in [6.07, 6.45) is 8.60. The van der Waals surface area contributed by atoms with Crippen molar-refractivity contribution in [3.05, 3.63) is 71.8 Å². The van der Waals surface area contributed by atoms with Crippen LogP contribution < -0.4 is 4.72 Å². The number of aromatic nitrogens is 2. The standard InChI is InChI=1S/C27H33N3O4S/c1-3-5-17-34-27(31)29-35(32,33)25-14-9-20(6-4-2)18-24(25)22-10-7-21(8-11-22)19-30-16-15-28-26(30)23-12-13-23/h7-11,14-16,18,23H,3-6,12-13,17,19H2,1-2H3,(H,29,31). The lowest BCUT2D eigenvalue weighted by Gasteiger charge is -2.14. The number of ether oxygens (including phenoxy) is 1. The third-order valence-corrected chi connectivity index (χ3v) is 7.50. The molecule has 35 heavy (non-hydrogen) atoms. The van der Waals surface area contributed by atoms with Gasteiger partial charge in [-0.3, -0.25) is 0 Å². The average Bonchev–Trinajstić information content (AvgIpc) is 3.58. The molecule has 1 fully saturated rings. The van der Waals surface area contributed by atoms with Crippen molar-refractivity contribution in [2.75, 3.05) is 6.61 Å². The van der Waals surface area contributed by atoms with Gasteiger partial charge in [0.2, 0.25) is 0 Å². The number of nitrogens with zero attached hydrogens (tertiary/aromatic N) is 2. The first-order valence-corrected chi connectivity index (χ1v) is 13.8. The second-order valence-corrected chi connectivity index (χ2v) is 10.7. The Morgan fingerprint density at radius 2 is 1.83 bits per heavy atom. The molecule has 186 valence electrons. The lowest BCUT2D eigenvalue weighted by Crippen LogP contribution is -2.31. The summed E-state index contributed by atoms with van der Waals surface area (Å²) in [5.41, 5.74) is 3.50. The van der Waals surface area contributed by atoms with Gasteiger partial charge in [0.1, 0.15) is 5.82 Å². The number of sulfonamides is 1. The second-order valence-electron chi connectivity index (χ2n) is 9.06. The van der Waals surface area contributed by atoms with Gasteiger partial charge in [0.25, 0.3) is 10.0 Å². The molecule has 0 radical (unpaired) electrons. The van der Waals surface area contributed by atoms with Gasteiger partial charge in [-0.05, 0) is 54.5 Å². The van der Waals surface area contributed by atoms with Crippen molar-refractivity contribution in [1.29, 1.82) is 0 Å². The molecule has 3 aromatic rings. The fourth-order valence-electron chi connectivity index (χ4n) is 4.13. The van der Waals surface area contributed by atoms with E-state index in [9.17, 15) is 13.2 Å². The zero-order valence-electron chi connectivity index (χ0n) is 20.4. The van der Waals surface area contributed by atoms with Crippen molar-refractivity contribution in [1.82, 2.24) is 14.3 Å². The lowest BCUT2D eigenvalue weighted by atomic mass is 10.00. The Bertz CT molecular complexity index is 1260. The summed E-state index contributed by atoms with van der Waals surface area (Å²) in [4.78, 5) is 16.6. The zero-order chi connectivity index (χ0) is 24.8. The highest BCUT2D eigenvalue weighted by molar-refractivity contribution is 7.90. The van der Waals surface area contributed by atoms with Gasteiger partial charge in [-0.15, -0.1) is 0 Å². The van der Waals surface area contributed by atoms with Gasteiger partial charge in [0, 0.05) is 30.4 Å². The van der Waals surface area contributed by atoms with E-state index >= 15 is 0 Å². The van der Waals surface area contributed by atoms with Crippen LogP contribution in [0.4, 0.5) is 4.79 Å². The smallest absolute Gasteiger partial charge is 0.421 e. The number of amides is 1. The second kappa shape index (κ2) is 11.1. The molecule has 0 spiro atoms. The zero-order valence-corrected chi connectivity index (χ0v) is 21.2. The Morgan fingerprint density at radius 1 is 1.09 bits per heavy atom. The molecule has 1 N–H and O–H groups in total. The molecule has 0 aliphatic heterocycles. The molecule has 1 aromatic heterocycles. The Kier molecular flexibility index (Phi) is 7.90. The van der Waals surface area contributed by atoms with Crippen LogP contribution in [0.15, 0.2) is 59.8 Å². The maximum atomic E-state index is 13.1. The SMILES string of the molecule is CCCCOC(=O)NS(=O)(=O)c1ccc(CCC)cc1-c1ccc(Cn2ccnc2C2CC2)cc1. The number of hydrogen-bond donors (Lipinski definition) is 1. The molecule has 1 aliphatic rings. The van der Waals surface area contributed by atoms with Gasteiger partial charge >= 0.3 is 6.09 Å². The first-order chi connectivity index (χ1) is 16.9. The summed E-state index contributed by atoms with van der Waals surface area (Å²) in [6, 6.07) is 13.2. The number of carbonyl (C=O) groups is 1. The Labute approximate surface area is 207 Å². The summed E-state index contributed by atoms with van der Waals surface area (Å²) < 4.78 is 35.4. The molecule has 0 atom stereocenters. The van der Waals surface area contributed by atoms with E-state index < -0.39 is 16.1 Å². The number of imidazole rings is 1. The van der Waals surface area contributed by atoms with Crippen LogP contribution in [0, 0.1) is 0 Å². The summed E-state index contributed by atoms with van der Waals surface area (Å²) in [5.74, 6) is 1.70. The van der Waals surface area contributed by atoms with Crippen LogP contribution in [0.25, 0.3) is 11.1 Å². The van der Waals surface area contributed by atoms with Crippen LogP contribution >= 0.6 is 0 Å². The largest absolute Gasteiger partial charge is 0.449 e. The molecular weight excluding hydrogens is 462 g/mol. The fraction of sp³-hybridized carbons (Fsp3) is 0.407. The highest BCUT2D eigenvalue weighted by atomic mass is 32.2. The predicted octanol–water partition coefficient (Wildman–Crippen LogP) is 5.64. The van der Waals surface area contributed by atoms with Crippen LogP contribution in [-0.2, 0) is 27.7 Å². The molecule has 0 unspecified atom stereocenters. The molecule has 2 aromatic carbocycles. The Balaban J connectivity index is 1.59. The number of unbranched alkanes of at least 4 members (excludes halogenated alkanes) is 1. The van der Waals surface area contributed by atoms with Gasteiger partial charge < -0.3 is 9.30 Å². The van der Waals surface area contributed by atoms with E-state index in [1.807, 2.05) is 49.6 Å². The number of aryl methyl sites for hydroxylation is 1. The van der Waals surface area contributed by atoms with E-state index in [4.69, 9.17) is 4.74 Å². The molecule has 1 aliphatic carbocycles. The van der Waals surface area contributed by atoms with Crippen molar-refractivity contribution < 1.29 is 17.9 Å². The van der Waals surface area contributed by atoms with Gasteiger partial charge in [0.05, 0.1) is 11.5 Å². The quantitative estimate of drug-likeness (QED) is 0.348. The number of carbonyl (C=O) groups excluding carboxylic acids is 1. The maximum absolute atomic E-state index is 13.1. The van der Waals surface area contributed by atoms with E-state index in [0.717, 1.165) is 48.3 Å². The molecule has 1 amide bonds. The van der Waals surface area contributed by atoms with Crippen LogP contribution in [0.1, 0.15) is 68.8 Å². The molecular formula is C27H33N3O4S. The summed E-state index contributed by atoms with van der Waals surface area (Å²) in [6.45, 7) is 4.95. The molecule has 0 bridgehead atoms. The van der Waals surface area contributed by atoms with E-state index in [0.29, 0.717) is 17.9 Å². The van der Waals surface area contributed by atoms with Crippen molar-refractivity contribution in [3.8, 4) is 11.1 Å². The first-order valence-electron chi connectivity index (χ1n) is 12.3. The first kappa shape index (κ1) is 25.0. The van der Waals surface area contributed by atoms with Crippen molar-refractivity contribution >= 4 is 16.1 Å². The number of rotatable bonds is 11. The van der Waals surface area contributed by atoms with Crippen molar-refractivity contribution in [2.24, 2.45) is 0 Å². The monoisotopic (exact) mass is 495 g/mol. The fourth-order valence-corrected chi connectivity index (χ4v) is 5.23. The van der Waals surface area contributed by atoms with E-state index in [-0.39, 0.29) is 11.5 Å².